The minimum Gasteiger partial charge on any atom is -0.484 e. The van der Waals surface area contributed by atoms with Crippen molar-refractivity contribution >= 4 is 23.4 Å². The van der Waals surface area contributed by atoms with Gasteiger partial charge in [0, 0.05) is 45.1 Å². The number of hydrogen-bond acceptors (Lipinski definition) is 7. The number of anilines is 3. The molecular weight excluding hydrogens is 428 g/mol. The van der Waals surface area contributed by atoms with E-state index in [1.165, 1.54) is 0 Å². The van der Waals surface area contributed by atoms with Gasteiger partial charge in [-0.25, -0.2) is 4.98 Å². The third-order valence-electron chi connectivity index (χ3n) is 5.67. The van der Waals surface area contributed by atoms with E-state index in [1.807, 2.05) is 57.1 Å². The molecule has 182 valence electrons. The molecule has 1 unspecified atom stereocenters. The van der Waals surface area contributed by atoms with Gasteiger partial charge >= 0.3 is 0 Å². The number of allylic oxidation sites excluding steroid dienone is 2. The first kappa shape index (κ1) is 25.2. The van der Waals surface area contributed by atoms with Crippen LogP contribution in [-0.4, -0.2) is 62.3 Å². The highest BCUT2D eigenvalue weighted by molar-refractivity contribution is 6.09. The standard InChI is InChI=1S/C26H36N6O2/c1-6-9-10-19(7-2)23(18-27-4)34-21-13-11-20(12-14-21)32-16-15-31(5)24-22(25(32)33)17-29-26(30-24)28-8-3/h7,9-14,17,23,27H,6,8,15-16,18H2,1-5H3,(H,28,29,30)/b10-9-,19-7+. The lowest BCUT2D eigenvalue weighted by atomic mass is 10.1. The summed E-state index contributed by atoms with van der Waals surface area (Å²) in [5, 5.41) is 6.32. The predicted molar refractivity (Wildman–Crippen MR) is 139 cm³/mol. The molecule has 1 aliphatic rings. The molecule has 1 amide bonds. The molecule has 0 radical (unpaired) electrons. The van der Waals surface area contributed by atoms with E-state index in [2.05, 4.69) is 45.8 Å². The second kappa shape index (κ2) is 12.2. The van der Waals surface area contributed by atoms with Crippen LogP contribution >= 0.6 is 0 Å². The number of rotatable bonds is 10. The van der Waals surface area contributed by atoms with Crippen LogP contribution in [0.15, 0.2) is 54.3 Å². The van der Waals surface area contributed by atoms with Gasteiger partial charge in [0.2, 0.25) is 5.95 Å². The minimum atomic E-state index is -0.106. The molecule has 1 aromatic carbocycles. The Morgan fingerprint density at radius 1 is 1.24 bits per heavy atom. The monoisotopic (exact) mass is 464 g/mol. The van der Waals surface area contributed by atoms with Crippen molar-refractivity contribution in [2.75, 3.05) is 55.4 Å². The van der Waals surface area contributed by atoms with Crippen molar-refractivity contribution in [3.05, 3.63) is 59.8 Å². The van der Waals surface area contributed by atoms with Gasteiger partial charge in [-0.2, -0.15) is 4.98 Å². The van der Waals surface area contributed by atoms with Gasteiger partial charge in [-0.1, -0.05) is 25.2 Å². The van der Waals surface area contributed by atoms with Gasteiger partial charge in [0.25, 0.3) is 5.91 Å². The second-order valence-corrected chi connectivity index (χ2v) is 8.10. The lowest BCUT2D eigenvalue weighted by Crippen LogP contribution is -2.33. The molecule has 2 N–H and O–H groups in total. The molecule has 1 aromatic heterocycles. The fourth-order valence-corrected chi connectivity index (χ4v) is 3.83. The average Bonchev–Trinajstić information content (AvgIpc) is 2.97. The van der Waals surface area contributed by atoms with Crippen LogP contribution < -0.4 is 25.2 Å². The van der Waals surface area contributed by atoms with Crippen molar-refractivity contribution in [1.29, 1.82) is 0 Å². The van der Waals surface area contributed by atoms with Gasteiger partial charge in [0.05, 0.1) is 0 Å². The van der Waals surface area contributed by atoms with E-state index in [0.717, 1.165) is 30.0 Å². The number of carbonyl (C=O) groups is 1. The average molecular weight is 465 g/mol. The number of benzene rings is 1. The number of carbonyl (C=O) groups excluding carboxylic acids is 1. The molecule has 0 bridgehead atoms. The SMILES string of the molecule is C/C=C(\C=C/CC)C(CNC)Oc1ccc(N2CCN(C)c3nc(NCC)ncc3C2=O)cc1. The summed E-state index contributed by atoms with van der Waals surface area (Å²) < 4.78 is 6.29. The van der Waals surface area contributed by atoms with E-state index in [0.29, 0.717) is 37.0 Å². The van der Waals surface area contributed by atoms with Crippen molar-refractivity contribution < 1.29 is 9.53 Å². The molecule has 0 saturated heterocycles. The van der Waals surface area contributed by atoms with E-state index < -0.39 is 0 Å². The topological polar surface area (TPSA) is 82.6 Å². The molecule has 0 saturated carbocycles. The van der Waals surface area contributed by atoms with Crippen molar-refractivity contribution in [1.82, 2.24) is 15.3 Å². The zero-order chi connectivity index (χ0) is 24.5. The molecule has 8 nitrogen and oxygen atoms in total. The van der Waals surface area contributed by atoms with E-state index in [4.69, 9.17) is 4.74 Å². The number of aromatic nitrogens is 2. The normalized spacial score (nSPS) is 15.3. The van der Waals surface area contributed by atoms with Crippen LogP contribution in [0.25, 0.3) is 0 Å². The second-order valence-electron chi connectivity index (χ2n) is 8.10. The van der Waals surface area contributed by atoms with Gasteiger partial charge in [-0.15, -0.1) is 0 Å². The summed E-state index contributed by atoms with van der Waals surface area (Å²) in [4.78, 5) is 26.0. The minimum absolute atomic E-state index is 0.105. The summed E-state index contributed by atoms with van der Waals surface area (Å²) in [6.07, 6.45) is 8.81. The third-order valence-corrected chi connectivity index (χ3v) is 5.67. The van der Waals surface area contributed by atoms with E-state index >= 15 is 0 Å². The smallest absolute Gasteiger partial charge is 0.263 e. The Bertz CT molecular complexity index is 1020. The molecule has 3 rings (SSSR count). The van der Waals surface area contributed by atoms with Crippen molar-refractivity contribution in [2.45, 2.75) is 33.3 Å². The lowest BCUT2D eigenvalue weighted by Gasteiger charge is -2.23. The van der Waals surface area contributed by atoms with E-state index in [9.17, 15) is 4.79 Å². The molecule has 2 heterocycles. The zero-order valence-corrected chi connectivity index (χ0v) is 20.8. The highest BCUT2D eigenvalue weighted by Gasteiger charge is 2.28. The largest absolute Gasteiger partial charge is 0.484 e. The maximum absolute atomic E-state index is 13.4. The number of ether oxygens (including phenoxy) is 1. The summed E-state index contributed by atoms with van der Waals surface area (Å²) in [7, 11) is 3.87. The number of fused-ring (bicyclic) bond motifs is 1. The molecule has 0 aliphatic carbocycles. The van der Waals surface area contributed by atoms with Crippen LogP contribution in [0.2, 0.25) is 0 Å². The molecule has 0 fully saturated rings. The summed E-state index contributed by atoms with van der Waals surface area (Å²) >= 11 is 0. The quantitative estimate of drug-likeness (QED) is 0.516. The fourth-order valence-electron chi connectivity index (χ4n) is 3.83. The van der Waals surface area contributed by atoms with E-state index in [1.54, 1.807) is 11.1 Å². The summed E-state index contributed by atoms with van der Waals surface area (Å²) in [5.41, 5.74) is 2.44. The van der Waals surface area contributed by atoms with Gasteiger partial charge < -0.3 is 25.2 Å². The van der Waals surface area contributed by atoms with Crippen LogP contribution in [0.4, 0.5) is 17.5 Å². The third kappa shape index (κ3) is 5.94. The maximum Gasteiger partial charge on any atom is 0.263 e. The predicted octanol–water partition coefficient (Wildman–Crippen LogP) is 3.88. The molecule has 0 spiro atoms. The van der Waals surface area contributed by atoms with Crippen LogP contribution in [-0.2, 0) is 0 Å². The first-order valence-electron chi connectivity index (χ1n) is 11.9. The molecule has 8 heteroatoms. The van der Waals surface area contributed by atoms with Crippen LogP contribution in [0.1, 0.15) is 37.6 Å². The molecule has 1 aliphatic heterocycles. The lowest BCUT2D eigenvalue weighted by molar-refractivity contribution is 0.0989. The Hall–Kier alpha value is -3.39. The summed E-state index contributed by atoms with van der Waals surface area (Å²) in [5.74, 6) is 1.82. The van der Waals surface area contributed by atoms with Crippen molar-refractivity contribution in [3.8, 4) is 5.75 Å². The first-order chi connectivity index (χ1) is 16.5. The Morgan fingerprint density at radius 3 is 2.65 bits per heavy atom. The van der Waals surface area contributed by atoms with Gasteiger partial charge in [0.1, 0.15) is 23.2 Å². The van der Waals surface area contributed by atoms with Crippen LogP contribution in [0, 0.1) is 0 Å². The molecule has 2 aromatic rings. The highest BCUT2D eigenvalue weighted by atomic mass is 16.5. The fraction of sp³-hybridized carbons (Fsp3) is 0.423. The summed E-state index contributed by atoms with van der Waals surface area (Å²) in [6.45, 7) is 8.75. The Kier molecular flexibility index (Phi) is 9.04. The van der Waals surface area contributed by atoms with E-state index in [-0.39, 0.29) is 12.0 Å². The van der Waals surface area contributed by atoms with Crippen LogP contribution in [0.5, 0.6) is 5.75 Å². The number of nitrogens with one attached hydrogen (secondary N) is 2. The van der Waals surface area contributed by atoms with Gasteiger partial charge in [0.15, 0.2) is 0 Å². The number of hydrogen-bond donors (Lipinski definition) is 2. The number of likely N-dealkylation sites (N-methyl/N-ethyl adjacent to an activating group) is 2. The Labute approximate surface area is 202 Å². The van der Waals surface area contributed by atoms with Gasteiger partial charge in [-0.05, 0) is 57.2 Å². The zero-order valence-electron chi connectivity index (χ0n) is 20.8. The first-order valence-corrected chi connectivity index (χ1v) is 11.9. The number of nitrogens with zero attached hydrogens (tertiary/aromatic N) is 4. The Balaban J connectivity index is 1.80. The van der Waals surface area contributed by atoms with Gasteiger partial charge in [-0.3, -0.25) is 4.79 Å². The van der Waals surface area contributed by atoms with Crippen molar-refractivity contribution in [2.24, 2.45) is 0 Å². The number of amides is 1. The molecule has 34 heavy (non-hydrogen) atoms. The van der Waals surface area contributed by atoms with Crippen molar-refractivity contribution in [3.63, 3.8) is 0 Å². The Morgan fingerprint density at radius 2 is 2.00 bits per heavy atom. The highest BCUT2D eigenvalue weighted by Crippen LogP contribution is 2.28. The molecule has 1 atom stereocenters. The molecular formula is C26H36N6O2. The summed E-state index contributed by atoms with van der Waals surface area (Å²) in [6, 6.07) is 7.70. The van der Waals surface area contributed by atoms with Crippen LogP contribution in [0.3, 0.4) is 0 Å². The maximum atomic E-state index is 13.4.